The van der Waals surface area contributed by atoms with Crippen molar-refractivity contribution in [3.05, 3.63) is 7.43 Å². The van der Waals surface area contributed by atoms with Crippen LogP contribution < -0.4 is 0 Å². The molecular weight excluding hydrogens is 235 g/mol. The van der Waals surface area contributed by atoms with Gasteiger partial charge in [0, 0.05) is 18.6 Å². The average molecular weight is 252 g/mol. The monoisotopic (exact) mass is 252 g/mol. The third-order valence-corrected chi connectivity index (χ3v) is 1.25. The van der Waals surface area contributed by atoms with Crippen molar-refractivity contribution in [2.45, 2.75) is 32.1 Å². The SMILES string of the molecule is C1CCCC1.[CH-]=O.[CH-]=O.[CH-]=O.[CH-]=O.[CH3-].[V]. The minimum atomic E-state index is 0. The summed E-state index contributed by atoms with van der Waals surface area (Å²) in [6.45, 7) is 13.0. The molecule has 0 saturated heterocycles. The average Bonchev–Trinajstić information content (AvgIpc) is 2.87. The number of rotatable bonds is 0. The minimum absolute atomic E-state index is 0. The second kappa shape index (κ2) is 110. The van der Waals surface area contributed by atoms with E-state index in [1.807, 2.05) is 0 Å². The van der Waals surface area contributed by atoms with Crippen LogP contribution in [0.3, 0.4) is 0 Å². The van der Waals surface area contributed by atoms with Crippen LogP contribution in [-0.4, -0.2) is 27.2 Å². The van der Waals surface area contributed by atoms with Gasteiger partial charge in [0.1, 0.15) is 0 Å². The van der Waals surface area contributed by atoms with Gasteiger partial charge in [-0.2, -0.15) is 0 Å². The van der Waals surface area contributed by atoms with Crippen molar-refractivity contribution in [3.63, 3.8) is 0 Å². The van der Waals surface area contributed by atoms with Crippen LogP contribution in [0.4, 0.5) is 0 Å². The van der Waals surface area contributed by atoms with E-state index in [0.29, 0.717) is 0 Å². The van der Waals surface area contributed by atoms with Gasteiger partial charge in [0.25, 0.3) is 0 Å². The molecule has 0 heterocycles. The maximum atomic E-state index is 7.75. The van der Waals surface area contributed by atoms with Crippen molar-refractivity contribution in [1.29, 1.82) is 0 Å². The summed E-state index contributed by atoms with van der Waals surface area (Å²) >= 11 is 0. The van der Waals surface area contributed by atoms with E-state index in [0.717, 1.165) is 0 Å². The first-order valence-electron chi connectivity index (χ1n) is 3.44. The first-order valence-corrected chi connectivity index (χ1v) is 3.44. The Morgan fingerprint density at radius 2 is 0.533 bits per heavy atom. The Labute approximate surface area is 105 Å². The van der Waals surface area contributed by atoms with Crippen LogP contribution >= 0.6 is 0 Å². The zero-order valence-electron chi connectivity index (χ0n) is 8.93. The molecule has 0 aliphatic heterocycles. The molecule has 0 N–H and O–H groups in total. The Hall–Kier alpha value is -0.736. The maximum absolute atomic E-state index is 7.75. The topological polar surface area (TPSA) is 68.3 Å². The fourth-order valence-electron chi connectivity index (χ4n) is 0.884. The second-order valence-corrected chi connectivity index (χ2v) is 1.77. The van der Waals surface area contributed by atoms with Crippen molar-refractivity contribution in [1.82, 2.24) is 0 Å². The molecule has 1 rings (SSSR count). The van der Waals surface area contributed by atoms with E-state index in [9.17, 15) is 0 Å². The van der Waals surface area contributed by atoms with Gasteiger partial charge in [-0.05, 0) is 0 Å². The molecule has 0 spiro atoms. The van der Waals surface area contributed by atoms with Crippen LogP contribution in [0.1, 0.15) is 32.1 Å². The van der Waals surface area contributed by atoms with Crippen molar-refractivity contribution >= 4 is 27.2 Å². The molecule has 0 amide bonds. The molecule has 91 valence electrons. The number of hydrogen-bond acceptors (Lipinski definition) is 4. The summed E-state index contributed by atoms with van der Waals surface area (Å²) in [4.78, 5) is 31.0. The molecule has 1 aliphatic carbocycles. The van der Waals surface area contributed by atoms with Gasteiger partial charge in [-0.1, -0.05) is 32.1 Å². The van der Waals surface area contributed by atoms with Crippen molar-refractivity contribution in [2.24, 2.45) is 0 Å². The maximum Gasteiger partial charge on any atom is 0 e. The first-order chi connectivity index (χ1) is 6.50. The molecule has 0 unspecified atom stereocenters. The summed E-state index contributed by atoms with van der Waals surface area (Å²) in [7, 11) is 0. The standard InChI is InChI=1S/C5H10.4CHO.CH3.V/c1-2-4-5-3-1;4*1-2;;/h1-5H2;4*1H;1H3;/q;5*-1;. The summed E-state index contributed by atoms with van der Waals surface area (Å²) in [5.74, 6) is 0. The Morgan fingerprint density at radius 1 is 0.467 bits per heavy atom. The van der Waals surface area contributed by atoms with Gasteiger partial charge in [-0.15, -0.1) is 0 Å². The minimum Gasteiger partial charge on any atom is -0.545 e. The van der Waals surface area contributed by atoms with Crippen LogP contribution in [0.2, 0.25) is 0 Å². The molecule has 4 nitrogen and oxygen atoms in total. The summed E-state index contributed by atoms with van der Waals surface area (Å²) in [5, 5.41) is 0. The van der Waals surface area contributed by atoms with Crippen molar-refractivity contribution in [3.8, 4) is 0 Å². The Balaban J connectivity index is -0.0000000182. The second-order valence-electron chi connectivity index (χ2n) is 1.77. The Kier molecular flexibility index (Phi) is 269. The molecular formula is C10H17O4V-5. The summed E-state index contributed by atoms with van der Waals surface area (Å²) in [6.07, 6.45) is 7.50. The molecule has 0 atom stereocenters. The van der Waals surface area contributed by atoms with Crippen molar-refractivity contribution < 1.29 is 37.7 Å². The van der Waals surface area contributed by atoms with Gasteiger partial charge in [0.2, 0.25) is 0 Å². The summed E-state index contributed by atoms with van der Waals surface area (Å²) < 4.78 is 0. The van der Waals surface area contributed by atoms with Crippen LogP contribution in [-0.2, 0) is 37.7 Å². The Morgan fingerprint density at radius 3 is 0.600 bits per heavy atom. The van der Waals surface area contributed by atoms with Crippen molar-refractivity contribution in [2.75, 3.05) is 0 Å². The van der Waals surface area contributed by atoms with Gasteiger partial charge in [0.05, 0.1) is 0 Å². The van der Waals surface area contributed by atoms with Gasteiger partial charge in [0.15, 0.2) is 0 Å². The van der Waals surface area contributed by atoms with E-state index in [4.69, 9.17) is 19.2 Å². The van der Waals surface area contributed by atoms with E-state index in [2.05, 4.69) is 27.2 Å². The van der Waals surface area contributed by atoms with Crippen LogP contribution in [0.25, 0.3) is 0 Å². The predicted octanol–water partition coefficient (Wildman–Crippen LogP) is 1.30. The van der Waals surface area contributed by atoms with E-state index >= 15 is 0 Å². The van der Waals surface area contributed by atoms with Gasteiger partial charge in [-0.25, -0.2) is 0 Å². The third-order valence-electron chi connectivity index (χ3n) is 1.25. The van der Waals surface area contributed by atoms with Crippen LogP contribution in [0.15, 0.2) is 0 Å². The molecule has 0 aromatic heterocycles. The number of hydrogen-bond donors (Lipinski definition) is 0. The molecule has 5 heteroatoms. The molecule has 1 saturated carbocycles. The number of carbonyl (C=O) groups excluding carboxylic acids is 4. The summed E-state index contributed by atoms with van der Waals surface area (Å²) in [6, 6.07) is 0. The fourth-order valence-corrected chi connectivity index (χ4v) is 0.884. The molecule has 15 heavy (non-hydrogen) atoms. The largest absolute Gasteiger partial charge is 0.545 e. The third kappa shape index (κ3) is 92.6. The smallest absolute Gasteiger partial charge is 0 e. The summed E-state index contributed by atoms with van der Waals surface area (Å²) in [5.41, 5.74) is 0. The normalized spacial score (nSPS) is 9.07. The van der Waals surface area contributed by atoms with Gasteiger partial charge in [-0.3, -0.25) is 27.2 Å². The molecule has 0 bridgehead atoms. The molecule has 1 radical (unpaired) electrons. The zero-order chi connectivity index (χ0) is 11.5. The first kappa shape index (κ1) is 36.7. The van der Waals surface area contributed by atoms with E-state index in [1.165, 1.54) is 32.1 Å². The predicted molar refractivity (Wildman–Crippen MR) is 56.5 cm³/mol. The molecule has 1 aliphatic rings. The van der Waals surface area contributed by atoms with Crippen LogP contribution in [0, 0.1) is 7.43 Å². The van der Waals surface area contributed by atoms with Gasteiger partial charge >= 0.3 is 0 Å². The fraction of sp³-hybridized carbons (Fsp3) is 0.500. The van der Waals surface area contributed by atoms with Crippen LogP contribution in [0.5, 0.6) is 0 Å². The molecule has 1 fully saturated rings. The zero-order valence-corrected chi connectivity index (χ0v) is 10.3. The van der Waals surface area contributed by atoms with E-state index in [1.54, 1.807) is 0 Å². The molecule has 0 aromatic rings. The quantitative estimate of drug-likeness (QED) is 0.481. The van der Waals surface area contributed by atoms with E-state index < -0.39 is 0 Å². The van der Waals surface area contributed by atoms with E-state index in [-0.39, 0.29) is 26.0 Å². The molecule has 0 aromatic carbocycles. The van der Waals surface area contributed by atoms with Gasteiger partial charge < -0.3 is 26.6 Å². The Bertz CT molecular complexity index is 54.8.